The third kappa shape index (κ3) is 3.34. The fraction of sp³-hybridized carbons (Fsp3) is 0. The smallest absolute Gasteiger partial charge is 0.0547 e. The monoisotopic (exact) mass is 495 g/mol. The summed E-state index contributed by atoms with van der Waals surface area (Å²) in [5.74, 6) is 0. The van der Waals surface area contributed by atoms with Crippen molar-refractivity contribution in [3.05, 3.63) is 152 Å². The van der Waals surface area contributed by atoms with Crippen LogP contribution >= 0.6 is 0 Å². The largest absolute Gasteiger partial charge is 0.309 e. The maximum absolute atomic E-state index is 2.40. The van der Waals surface area contributed by atoms with E-state index >= 15 is 0 Å². The fourth-order valence-electron chi connectivity index (χ4n) is 6.34. The molecule has 182 valence electrons. The van der Waals surface area contributed by atoms with Crippen LogP contribution in [0.2, 0.25) is 0 Å². The molecule has 0 aliphatic rings. The van der Waals surface area contributed by atoms with Crippen LogP contribution in [0.25, 0.3) is 71.3 Å². The van der Waals surface area contributed by atoms with Gasteiger partial charge in [-0.25, -0.2) is 0 Å². The maximum atomic E-state index is 2.40. The Kier molecular flexibility index (Phi) is 4.89. The van der Waals surface area contributed by atoms with Gasteiger partial charge in [-0.1, -0.05) is 127 Å². The normalized spacial score (nSPS) is 11.6. The van der Waals surface area contributed by atoms with Crippen LogP contribution in [0.15, 0.2) is 152 Å². The van der Waals surface area contributed by atoms with E-state index in [0.29, 0.717) is 0 Å². The minimum absolute atomic E-state index is 1.18. The van der Waals surface area contributed by atoms with Gasteiger partial charge in [-0.3, -0.25) is 0 Å². The Bertz CT molecular complexity index is 2090. The molecule has 0 atom stereocenters. The van der Waals surface area contributed by atoms with Gasteiger partial charge in [0, 0.05) is 16.5 Å². The minimum Gasteiger partial charge on any atom is -0.309 e. The summed E-state index contributed by atoms with van der Waals surface area (Å²) in [6.07, 6.45) is 0. The topological polar surface area (TPSA) is 4.93 Å². The van der Waals surface area contributed by atoms with Crippen LogP contribution in [0.5, 0.6) is 0 Å². The van der Waals surface area contributed by atoms with Gasteiger partial charge >= 0.3 is 0 Å². The molecule has 8 aromatic rings. The van der Waals surface area contributed by atoms with Crippen LogP contribution in [-0.2, 0) is 0 Å². The van der Waals surface area contributed by atoms with E-state index in [4.69, 9.17) is 0 Å². The van der Waals surface area contributed by atoms with Crippen molar-refractivity contribution < 1.29 is 0 Å². The molecule has 1 nitrogen and oxygen atoms in total. The van der Waals surface area contributed by atoms with Crippen LogP contribution in [0.1, 0.15) is 0 Å². The van der Waals surface area contributed by atoms with Crippen LogP contribution in [0, 0.1) is 0 Å². The Morgan fingerprint density at radius 1 is 0.308 bits per heavy atom. The Morgan fingerprint density at radius 2 is 0.769 bits per heavy atom. The van der Waals surface area contributed by atoms with Crippen molar-refractivity contribution in [3.63, 3.8) is 0 Å². The van der Waals surface area contributed by atoms with E-state index in [1.807, 2.05) is 0 Å². The van der Waals surface area contributed by atoms with E-state index in [2.05, 4.69) is 156 Å². The molecule has 1 heteroatoms. The van der Waals surface area contributed by atoms with Gasteiger partial charge in [-0.15, -0.1) is 0 Å². The third-order valence-corrected chi connectivity index (χ3v) is 7.97. The lowest BCUT2D eigenvalue weighted by Crippen LogP contribution is -1.94. The van der Waals surface area contributed by atoms with Gasteiger partial charge in [-0.05, 0) is 68.1 Å². The van der Waals surface area contributed by atoms with Crippen LogP contribution in [0.3, 0.4) is 0 Å². The second-order valence-corrected chi connectivity index (χ2v) is 10.1. The number of para-hydroxylation sites is 2. The highest BCUT2D eigenvalue weighted by molar-refractivity contribution is 6.22. The molecule has 7 aromatic carbocycles. The van der Waals surface area contributed by atoms with Crippen molar-refractivity contribution in [2.45, 2.75) is 0 Å². The summed E-state index contributed by atoms with van der Waals surface area (Å²) in [5.41, 5.74) is 8.68. The Morgan fingerprint density at radius 3 is 1.38 bits per heavy atom. The summed E-state index contributed by atoms with van der Waals surface area (Å²) in [7, 11) is 0. The number of aromatic nitrogens is 1. The highest BCUT2D eigenvalue weighted by Gasteiger charge is 2.18. The second-order valence-electron chi connectivity index (χ2n) is 10.1. The third-order valence-electron chi connectivity index (χ3n) is 7.97. The molecule has 1 heterocycles. The molecule has 0 N–H and O–H groups in total. The predicted octanol–water partition coefficient (Wildman–Crippen LogP) is 10.4. The molecule has 0 saturated carbocycles. The molecule has 0 radical (unpaired) electrons. The molecule has 0 amide bonds. The minimum atomic E-state index is 1.18. The number of hydrogen-bond donors (Lipinski definition) is 0. The first-order chi connectivity index (χ1) is 19.4. The van der Waals surface area contributed by atoms with Crippen LogP contribution in [0.4, 0.5) is 0 Å². The first-order valence-corrected chi connectivity index (χ1v) is 13.5. The Labute approximate surface area is 227 Å². The Balaban J connectivity index is 1.50. The molecular weight excluding hydrogens is 470 g/mol. The average molecular weight is 496 g/mol. The number of rotatable bonds is 3. The summed E-state index contributed by atoms with van der Waals surface area (Å²) in [4.78, 5) is 0. The standard InChI is InChI=1S/C38H25N/c1-3-13-26(14-4-1)37-31-18-7-9-20-33(31)38(34-21-10-8-19-32(34)37)27-23-24-30-29-17-11-12-22-35(29)39(36(30)25-27)28-15-5-2-6-16-28/h1-25H. The van der Waals surface area contributed by atoms with E-state index in [9.17, 15) is 0 Å². The second kappa shape index (κ2) is 8.72. The molecule has 8 rings (SSSR count). The molecular formula is C38H25N. The quantitative estimate of drug-likeness (QED) is 0.215. The molecule has 1 aromatic heterocycles. The molecule has 0 fully saturated rings. The highest BCUT2D eigenvalue weighted by atomic mass is 15.0. The van der Waals surface area contributed by atoms with Crippen molar-refractivity contribution in [1.82, 2.24) is 4.57 Å². The van der Waals surface area contributed by atoms with E-state index in [1.54, 1.807) is 0 Å². The van der Waals surface area contributed by atoms with Crippen molar-refractivity contribution in [2.24, 2.45) is 0 Å². The van der Waals surface area contributed by atoms with Gasteiger partial charge in [0.15, 0.2) is 0 Å². The molecule has 0 spiro atoms. The summed E-state index contributed by atoms with van der Waals surface area (Å²) in [6, 6.07) is 54.9. The van der Waals surface area contributed by atoms with E-state index < -0.39 is 0 Å². The first-order valence-electron chi connectivity index (χ1n) is 13.5. The number of benzene rings is 7. The number of hydrogen-bond acceptors (Lipinski definition) is 0. The van der Waals surface area contributed by atoms with Crippen molar-refractivity contribution in [2.75, 3.05) is 0 Å². The van der Waals surface area contributed by atoms with Crippen LogP contribution in [-0.4, -0.2) is 4.57 Å². The zero-order valence-electron chi connectivity index (χ0n) is 21.4. The van der Waals surface area contributed by atoms with Gasteiger partial charge in [0.05, 0.1) is 11.0 Å². The lowest BCUT2D eigenvalue weighted by Gasteiger charge is -2.18. The van der Waals surface area contributed by atoms with Gasteiger partial charge in [0.25, 0.3) is 0 Å². The number of fused-ring (bicyclic) bond motifs is 5. The van der Waals surface area contributed by atoms with E-state index in [1.165, 1.54) is 71.3 Å². The highest BCUT2D eigenvalue weighted by Crippen LogP contribution is 2.44. The predicted molar refractivity (Wildman–Crippen MR) is 167 cm³/mol. The molecule has 0 unspecified atom stereocenters. The average Bonchev–Trinajstić information content (AvgIpc) is 3.34. The van der Waals surface area contributed by atoms with Gasteiger partial charge < -0.3 is 4.57 Å². The zero-order chi connectivity index (χ0) is 25.8. The lowest BCUT2D eigenvalue weighted by atomic mass is 9.86. The van der Waals surface area contributed by atoms with Crippen molar-refractivity contribution in [3.8, 4) is 27.9 Å². The molecule has 0 bridgehead atoms. The molecule has 0 saturated heterocycles. The van der Waals surface area contributed by atoms with Gasteiger partial charge in [0.2, 0.25) is 0 Å². The molecule has 0 aliphatic carbocycles. The fourth-order valence-corrected chi connectivity index (χ4v) is 6.34. The SMILES string of the molecule is c1ccc(-c2c3ccccc3c(-c3ccc4c5ccccc5n(-c5ccccc5)c4c3)c3ccccc23)cc1. The molecule has 39 heavy (non-hydrogen) atoms. The number of nitrogens with zero attached hydrogens (tertiary/aromatic N) is 1. The van der Waals surface area contributed by atoms with E-state index in [-0.39, 0.29) is 0 Å². The summed E-state index contributed by atoms with van der Waals surface area (Å²) >= 11 is 0. The summed E-state index contributed by atoms with van der Waals surface area (Å²) < 4.78 is 2.40. The van der Waals surface area contributed by atoms with Crippen molar-refractivity contribution in [1.29, 1.82) is 0 Å². The lowest BCUT2D eigenvalue weighted by molar-refractivity contribution is 1.18. The maximum Gasteiger partial charge on any atom is 0.0547 e. The van der Waals surface area contributed by atoms with Crippen LogP contribution < -0.4 is 0 Å². The van der Waals surface area contributed by atoms with Crippen molar-refractivity contribution >= 4 is 43.4 Å². The van der Waals surface area contributed by atoms with Gasteiger partial charge in [-0.2, -0.15) is 0 Å². The molecule has 0 aliphatic heterocycles. The Hall–Kier alpha value is -5.14. The first kappa shape index (κ1) is 21.9. The zero-order valence-corrected chi connectivity index (χ0v) is 21.4. The van der Waals surface area contributed by atoms with E-state index in [0.717, 1.165) is 0 Å². The summed E-state index contributed by atoms with van der Waals surface area (Å²) in [5, 5.41) is 7.65. The van der Waals surface area contributed by atoms with Gasteiger partial charge in [0.1, 0.15) is 0 Å². The summed E-state index contributed by atoms with van der Waals surface area (Å²) in [6.45, 7) is 0.